The largest absolute Gasteiger partial charge is 0.444 e. The first kappa shape index (κ1) is 34.5. The highest BCUT2D eigenvalue weighted by Gasteiger charge is 2.48. The third kappa shape index (κ3) is 6.53. The summed E-state index contributed by atoms with van der Waals surface area (Å²) in [5, 5.41) is 11.5. The fourth-order valence-electron chi connectivity index (χ4n) is 7.85. The Morgan fingerprint density at radius 3 is 2.19 bits per heavy atom. The molecule has 0 unspecified atom stereocenters. The molecule has 2 amide bonds. The highest BCUT2D eigenvalue weighted by molar-refractivity contribution is 6.08. The number of para-hydroxylation sites is 2. The van der Waals surface area contributed by atoms with Crippen LogP contribution in [-0.4, -0.2) is 83.1 Å². The zero-order valence-corrected chi connectivity index (χ0v) is 30.1. The topological polar surface area (TPSA) is 114 Å². The van der Waals surface area contributed by atoms with Gasteiger partial charge >= 0.3 is 6.09 Å². The van der Waals surface area contributed by atoms with Crippen molar-refractivity contribution in [2.75, 3.05) is 26.2 Å². The minimum atomic E-state index is -1.04. The number of nitrogens with zero attached hydrogens (tertiary/aromatic N) is 7. The van der Waals surface area contributed by atoms with E-state index in [0.29, 0.717) is 69.7 Å². The molecule has 1 N–H and O–H groups in total. The van der Waals surface area contributed by atoms with Gasteiger partial charge in [-0.15, -0.1) is 5.10 Å². The Kier molecular flexibility index (Phi) is 8.74. The molecule has 5 heterocycles. The molecule has 13 heteroatoms. The van der Waals surface area contributed by atoms with Crippen molar-refractivity contribution in [1.29, 1.82) is 0 Å². The number of hydrogen-bond acceptors (Lipinski definition) is 6. The van der Waals surface area contributed by atoms with E-state index in [4.69, 9.17) is 4.74 Å². The van der Waals surface area contributed by atoms with Crippen molar-refractivity contribution in [3.63, 3.8) is 0 Å². The van der Waals surface area contributed by atoms with Gasteiger partial charge < -0.3 is 24.1 Å². The molecule has 274 valence electrons. The van der Waals surface area contributed by atoms with E-state index >= 15 is 0 Å². The van der Waals surface area contributed by atoms with E-state index in [1.54, 1.807) is 15.8 Å². The van der Waals surface area contributed by atoms with Crippen molar-refractivity contribution in [3.05, 3.63) is 102 Å². The van der Waals surface area contributed by atoms with Gasteiger partial charge in [-0.25, -0.2) is 23.2 Å². The minimum Gasteiger partial charge on any atom is -0.444 e. The Hall–Kier alpha value is -5.59. The van der Waals surface area contributed by atoms with Crippen LogP contribution in [0.2, 0.25) is 0 Å². The number of piperidine rings is 2. The fourth-order valence-corrected chi connectivity index (χ4v) is 7.85. The zero-order chi connectivity index (χ0) is 36.9. The number of imidazole rings is 1. The van der Waals surface area contributed by atoms with Crippen LogP contribution in [0.25, 0.3) is 33.1 Å². The summed E-state index contributed by atoms with van der Waals surface area (Å²) in [4.78, 5) is 39.2. The summed E-state index contributed by atoms with van der Waals surface area (Å²) in [6.07, 6.45) is 5.19. The van der Waals surface area contributed by atoms with E-state index in [-0.39, 0.29) is 11.8 Å². The van der Waals surface area contributed by atoms with E-state index in [9.17, 15) is 18.4 Å². The molecular weight excluding hydrogens is 678 g/mol. The summed E-state index contributed by atoms with van der Waals surface area (Å²) < 4.78 is 37.0. The number of halogens is 2. The summed E-state index contributed by atoms with van der Waals surface area (Å²) in [6.45, 7) is 7.67. The maximum atomic E-state index is 14.8. The molecule has 11 nitrogen and oxygen atoms in total. The highest BCUT2D eigenvalue weighted by atomic mass is 19.2. The lowest BCUT2D eigenvalue weighted by molar-refractivity contribution is -0.145. The molecule has 0 saturated carbocycles. The number of benzene rings is 3. The standard InChI is InChI=1S/C40H42F2N8O3/c1-39(2,3)53-38(52)48-20-16-40(17-21-48,50-25-28(45-46-50)24-49-34-10-6-4-8-29(34)30-9-5-7-11-35(30)49)37(51)47-18-14-26(15-19-47)36-43-23-33(44-36)27-12-13-31(41)32(42)22-27/h4-13,22-23,25-26H,14-21,24H2,1-3H3,(H,43,44). The smallest absolute Gasteiger partial charge is 0.410 e. The number of carbonyl (C=O) groups excluding carboxylic acids is 2. The minimum absolute atomic E-state index is 0.0463. The Labute approximate surface area is 305 Å². The van der Waals surface area contributed by atoms with E-state index < -0.39 is 28.9 Å². The van der Waals surface area contributed by atoms with Gasteiger partial charge in [0.05, 0.1) is 24.6 Å². The number of likely N-dealkylation sites (tertiary alicyclic amines) is 2. The first-order valence-corrected chi connectivity index (χ1v) is 18.1. The molecule has 6 aromatic rings. The average Bonchev–Trinajstić information content (AvgIpc) is 3.91. The van der Waals surface area contributed by atoms with Crippen LogP contribution in [0.15, 0.2) is 79.1 Å². The molecule has 2 aliphatic heterocycles. The number of nitrogens with one attached hydrogen (secondary N) is 1. The van der Waals surface area contributed by atoms with E-state index in [1.165, 1.54) is 6.07 Å². The lowest BCUT2D eigenvalue weighted by Gasteiger charge is -2.44. The number of fused-ring (bicyclic) bond motifs is 3. The second kappa shape index (κ2) is 13.4. The molecule has 0 radical (unpaired) electrons. The van der Waals surface area contributed by atoms with Crippen molar-refractivity contribution < 1.29 is 23.1 Å². The number of H-pyrrole nitrogens is 1. The Morgan fingerprint density at radius 2 is 1.55 bits per heavy atom. The zero-order valence-electron chi connectivity index (χ0n) is 30.1. The van der Waals surface area contributed by atoms with Gasteiger partial charge in [0.1, 0.15) is 22.7 Å². The molecule has 3 aromatic heterocycles. The predicted octanol–water partition coefficient (Wildman–Crippen LogP) is 7.24. The second-order valence-electron chi connectivity index (χ2n) is 15.2. The number of aromatic amines is 1. The van der Waals surface area contributed by atoms with E-state index in [2.05, 4.69) is 49.1 Å². The molecule has 2 saturated heterocycles. The van der Waals surface area contributed by atoms with Crippen molar-refractivity contribution in [3.8, 4) is 11.3 Å². The van der Waals surface area contributed by atoms with Crippen LogP contribution in [0.3, 0.4) is 0 Å². The van der Waals surface area contributed by atoms with Crippen molar-refractivity contribution in [1.82, 2.24) is 39.3 Å². The van der Waals surface area contributed by atoms with Crippen molar-refractivity contribution in [2.45, 2.75) is 70.1 Å². The number of ether oxygens (including phenoxy) is 1. The van der Waals surface area contributed by atoms with Crippen molar-refractivity contribution >= 4 is 33.8 Å². The predicted molar refractivity (Wildman–Crippen MR) is 196 cm³/mol. The Morgan fingerprint density at radius 1 is 0.887 bits per heavy atom. The monoisotopic (exact) mass is 720 g/mol. The van der Waals surface area contributed by atoms with Crippen LogP contribution in [0.4, 0.5) is 13.6 Å². The van der Waals surface area contributed by atoms with Gasteiger partial charge in [-0.1, -0.05) is 41.6 Å². The summed E-state index contributed by atoms with van der Waals surface area (Å²) in [7, 11) is 0. The summed E-state index contributed by atoms with van der Waals surface area (Å²) in [6, 6.07) is 20.4. The van der Waals surface area contributed by atoms with Gasteiger partial charge in [0.15, 0.2) is 11.6 Å². The lowest BCUT2D eigenvalue weighted by atomic mass is 9.84. The first-order chi connectivity index (χ1) is 25.5. The third-order valence-electron chi connectivity index (χ3n) is 10.6. The molecule has 53 heavy (non-hydrogen) atoms. The van der Waals surface area contributed by atoms with Crippen LogP contribution >= 0.6 is 0 Å². The fraction of sp³-hybridized carbons (Fsp3) is 0.375. The molecule has 2 aliphatic rings. The molecule has 0 atom stereocenters. The Bertz CT molecular complexity index is 2250. The SMILES string of the molecule is CC(C)(C)OC(=O)N1CCC(C(=O)N2CCC(c3ncc(-c4ccc(F)c(F)c4)[nH]3)CC2)(n2cc(Cn3c4ccccc4c4ccccc43)nn2)CC1. The van der Waals surface area contributed by atoms with E-state index in [0.717, 1.165) is 45.5 Å². The number of aromatic nitrogens is 6. The van der Waals surface area contributed by atoms with Crippen LogP contribution in [0, 0.1) is 11.6 Å². The molecule has 0 aliphatic carbocycles. The van der Waals surface area contributed by atoms with Gasteiger partial charge in [-0.05, 0) is 76.8 Å². The quantitative estimate of drug-likeness (QED) is 0.194. The first-order valence-electron chi connectivity index (χ1n) is 18.1. The number of carbonyl (C=O) groups is 2. The summed E-state index contributed by atoms with van der Waals surface area (Å²) in [5.74, 6) is -1.04. The third-order valence-corrected chi connectivity index (χ3v) is 10.6. The number of hydrogen-bond donors (Lipinski definition) is 1. The van der Waals surface area contributed by atoms with Gasteiger partial charge in [-0.2, -0.15) is 0 Å². The maximum absolute atomic E-state index is 14.8. The maximum Gasteiger partial charge on any atom is 0.410 e. The molecule has 8 rings (SSSR count). The number of rotatable bonds is 6. The summed E-state index contributed by atoms with van der Waals surface area (Å²) >= 11 is 0. The van der Waals surface area contributed by atoms with Crippen LogP contribution in [0.5, 0.6) is 0 Å². The van der Waals surface area contributed by atoms with Crippen LogP contribution < -0.4 is 0 Å². The van der Waals surface area contributed by atoms with Crippen LogP contribution in [-0.2, 0) is 21.6 Å². The molecular formula is C40H42F2N8O3. The molecule has 3 aromatic carbocycles. The van der Waals surface area contributed by atoms with Gasteiger partial charge in [0, 0.05) is 59.5 Å². The number of amides is 2. The van der Waals surface area contributed by atoms with Gasteiger partial charge in [-0.3, -0.25) is 4.79 Å². The van der Waals surface area contributed by atoms with Gasteiger partial charge in [0.25, 0.3) is 5.91 Å². The van der Waals surface area contributed by atoms with Gasteiger partial charge in [0.2, 0.25) is 0 Å². The second-order valence-corrected chi connectivity index (χ2v) is 15.2. The average molecular weight is 721 g/mol. The van der Waals surface area contributed by atoms with Crippen molar-refractivity contribution in [2.24, 2.45) is 0 Å². The molecule has 2 fully saturated rings. The lowest BCUT2D eigenvalue weighted by Crippen LogP contribution is -2.58. The molecule has 0 spiro atoms. The molecule has 0 bridgehead atoms. The highest BCUT2D eigenvalue weighted by Crippen LogP contribution is 2.36. The summed E-state index contributed by atoms with van der Waals surface area (Å²) in [5.41, 5.74) is 2.36. The Balaban J connectivity index is 1.04. The van der Waals surface area contributed by atoms with E-state index in [1.807, 2.05) is 56.1 Å². The normalized spacial score (nSPS) is 16.8. The van der Waals surface area contributed by atoms with Crippen LogP contribution in [0.1, 0.15) is 63.9 Å².